The van der Waals surface area contributed by atoms with Crippen LogP contribution in [0, 0.1) is 0 Å². The minimum Gasteiger partial charge on any atom is -0.478 e. The van der Waals surface area contributed by atoms with Gasteiger partial charge in [0.05, 0.1) is 11.1 Å². The number of esters is 1. The summed E-state index contributed by atoms with van der Waals surface area (Å²) in [4.78, 5) is 34.1. The Morgan fingerprint density at radius 3 is 2.09 bits per heavy atom. The van der Waals surface area contributed by atoms with Gasteiger partial charge in [0.1, 0.15) is 0 Å². The summed E-state index contributed by atoms with van der Waals surface area (Å²) >= 11 is 0. The van der Waals surface area contributed by atoms with Gasteiger partial charge in [0.25, 0.3) is 5.91 Å². The van der Waals surface area contributed by atoms with Crippen molar-refractivity contribution in [3.63, 3.8) is 0 Å². The van der Waals surface area contributed by atoms with Gasteiger partial charge < -0.3 is 20.9 Å². The highest BCUT2D eigenvalue weighted by molar-refractivity contribution is 5.96. The van der Waals surface area contributed by atoms with Crippen LogP contribution in [-0.4, -0.2) is 29.6 Å². The average molecular weight is 314 g/mol. The van der Waals surface area contributed by atoms with Crippen LogP contribution in [0.3, 0.4) is 0 Å². The van der Waals surface area contributed by atoms with Crippen LogP contribution in [0.4, 0.5) is 11.4 Å². The van der Waals surface area contributed by atoms with Crippen LogP contribution in [0.15, 0.2) is 48.5 Å². The average Bonchev–Trinajstić information content (AvgIpc) is 2.54. The topological polar surface area (TPSA) is 119 Å². The number of hydrogen-bond donors (Lipinski definition) is 3. The largest absolute Gasteiger partial charge is 0.478 e. The normalized spacial score (nSPS) is 9.91. The van der Waals surface area contributed by atoms with E-state index in [0.717, 1.165) is 0 Å². The Hall–Kier alpha value is -3.35. The monoisotopic (exact) mass is 314 g/mol. The summed E-state index contributed by atoms with van der Waals surface area (Å²) in [5.41, 5.74) is 6.83. The molecule has 0 heterocycles. The second-order valence-electron chi connectivity index (χ2n) is 4.63. The number of nitrogen functional groups attached to an aromatic ring is 1. The zero-order valence-corrected chi connectivity index (χ0v) is 12.0. The number of aromatic carboxylic acids is 1. The van der Waals surface area contributed by atoms with Crippen molar-refractivity contribution in [2.45, 2.75) is 0 Å². The standard InChI is InChI=1S/C16H14N2O5/c17-12-5-1-11(2-6-12)16(22)23-9-14(19)18-13-7-3-10(4-8-13)15(20)21/h1-8H,9,17H2,(H,18,19)(H,20,21). The van der Waals surface area contributed by atoms with Crippen molar-refractivity contribution >= 4 is 29.2 Å². The van der Waals surface area contributed by atoms with Gasteiger partial charge in [0, 0.05) is 11.4 Å². The first-order chi connectivity index (χ1) is 11.0. The lowest BCUT2D eigenvalue weighted by Crippen LogP contribution is -2.21. The highest BCUT2D eigenvalue weighted by Crippen LogP contribution is 2.10. The Bertz CT molecular complexity index is 723. The third-order valence-corrected chi connectivity index (χ3v) is 2.90. The van der Waals surface area contributed by atoms with E-state index in [1.54, 1.807) is 12.1 Å². The number of rotatable bonds is 5. The SMILES string of the molecule is Nc1ccc(C(=O)OCC(=O)Nc2ccc(C(=O)O)cc2)cc1. The summed E-state index contributed by atoms with van der Waals surface area (Å²) in [5, 5.41) is 11.3. The number of carboxylic acids is 1. The van der Waals surface area contributed by atoms with E-state index in [4.69, 9.17) is 15.6 Å². The molecule has 7 nitrogen and oxygen atoms in total. The molecular weight excluding hydrogens is 300 g/mol. The molecule has 1 amide bonds. The summed E-state index contributed by atoms with van der Waals surface area (Å²) in [5.74, 6) is -2.22. The van der Waals surface area contributed by atoms with Crippen molar-refractivity contribution in [1.82, 2.24) is 0 Å². The molecule has 7 heteroatoms. The molecule has 0 atom stereocenters. The predicted octanol–water partition coefficient (Wildman–Crippen LogP) is 1.76. The van der Waals surface area contributed by atoms with Crippen molar-refractivity contribution in [1.29, 1.82) is 0 Å². The number of carbonyl (C=O) groups is 3. The Morgan fingerprint density at radius 2 is 1.52 bits per heavy atom. The summed E-state index contributed by atoms with van der Waals surface area (Å²) in [7, 11) is 0. The number of ether oxygens (including phenoxy) is 1. The lowest BCUT2D eigenvalue weighted by Gasteiger charge is -2.07. The zero-order valence-electron chi connectivity index (χ0n) is 12.0. The van der Waals surface area contributed by atoms with Gasteiger partial charge in [-0.1, -0.05) is 0 Å². The third kappa shape index (κ3) is 4.57. The minimum atomic E-state index is -1.06. The lowest BCUT2D eigenvalue weighted by atomic mass is 10.2. The van der Waals surface area contributed by atoms with Crippen LogP contribution in [0.1, 0.15) is 20.7 Å². The van der Waals surface area contributed by atoms with Crippen molar-refractivity contribution in [3.8, 4) is 0 Å². The molecule has 0 aliphatic heterocycles. The van der Waals surface area contributed by atoms with E-state index in [9.17, 15) is 14.4 Å². The second-order valence-corrected chi connectivity index (χ2v) is 4.63. The van der Waals surface area contributed by atoms with Gasteiger partial charge in [-0.3, -0.25) is 4.79 Å². The van der Waals surface area contributed by atoms with Gasteiger partial charge in [0.15, 0.2) is 6.61 Å². The van der Waals surface area contributed by atoms with E-state index in [2.05, 4.69) is 5.32 Å². The fourth-order valence-corrected chi connectivity index (χ4v) is 1.73. The quantitative estimate of drug-likeness (QED) is 0.571. The smallest absolute Gasteiger partial charge is 0.338 e. The summed E-state index contributed by atoms with van der Waals surface area (Å²) in [6, 6.07) is 11.7. The van der Waals surface area contributed by atoms with Crippen LogP contribution in [-0.2, 0) is 9.53 Å². The van der Waals surface area contributed by atoms with Gasteiger partial charge in [-0.15, -0.1) is 0 Å². The van der Waals surface area contributed by atoms with Gasteiger partial charge in [-0.05, 0) is 48.5 Å². The zero-order chi connectivity index (χ0) is 16.8. The number of nitrogens with one attached hydrogen (secondary N) is 1. The molecule has 0 aromatic heterocycles. The molecular formula is C16H14N2O5. The summed E-state index contributed by atoms with van der Waals surface area (Å²) in [6.45, 7) is -0.454. The molecule has 0 saturated heterocycles. The highest BCUT2D eigenvalue weighted by atomic mass is 16.5. The molecule has 2 aromatic rings. The molecule has 23 heavy (non-hydrogen) atoms. The highest BCUT2D eigenvalue weighted by Gasteiger charge is 2.10. The van der Waals surface area contributed by atoms with Gasteiger partial charge in [-0.25, -0.2) is 9.59 Å². The molecule has 0 saturated carbocycles. The lowest BCUT2D eigenvalue weighted by molar-refractivity contribution is -0.119. The summed E-state index contributed by atoms with van der Waals surface area (Å²) < 4.78 is 4.88. The van der Waals surface area contributed by atoms with Crippen LogP contribution in [0.2, 0.25) is 0 Å². The van der Waals surface area contributed by atoms with Gasteiger partial charge >= 0.3 is 11.9 Å². The molecule has 0 aliphatic rings. The molecule has 2 aromatic carbocycles. The van der Waals surface area contributed by atoms with Crippen LogP contribution in [0.25, 0.3) is 0 Å². The van der Waals surface area contributed by atoms with E-state index in [1.165, 1.54) is 36.4 Å². The van der Waals surface area contributed by atoms with E-state index < -0.39 is 24.5 Å². The Kier molecular flexibility index (Phi) is 4.93. The molecule has 0 aliphatic carbocycles. The first-order valence-electron chi connectivity index (χ1n) is 6.61. The van der Waals surface area contributed by atoms with Crippen molar-refractivity contribution in [3.05, 3.63) is 59.7 Å². The minimum absolute atomic E-state index is 0.109. The molecule has 0 unspecified atom stereocenters. The van der Waals surface area contributed by atoms with Crippen molar-refractivity contribution in [2.24, 2.45) is 0 Å². The number of hydrogen-bond acceptors (Lipinski definition) is 5. The Balaban J connectivity index is 1.86. The maximum Gasteiger partial charge on any atom is 0.338 e. The third-order valence-electron chi connectivity index (χ3n) is 2.90. The summed E-state index contributed by atoms with van der Waals surface area (Å²) in [6.07, 6.45) is 0. The fraction of sp³-hybridized carbons (Fsp3) is 0.0625. The van der Waals surface area contributed by atoms with Gasteiger partial charge in [-0.2, -0.15) is 0 Å². The number of amides is 1. The van der Waals surface area contributed by atoms with Crippen LogP contribution >= 0.6 is 0 Å². The van der Waals surface area contributed by atoms with Crippen LogP contribution < -0.4 is 11.1 Å². The number of carbonyl (C=O) groups excluding carboxylic acids is 2. The second kappa shape index (κ2) is 7.08. The molecule has 0 spiro atoms. The van der Waals surface area contributed by atoms with E-state index in [-0.39, 0.29) is 11.1 Å². The number of anilines is 2. The molecule has 118 valence electrons. The molecule has 0 bridgehead atoms. The first-order valence-corrected chi connectivity index (χ1v) is 6.61. The fourth-order valence-electron chi connectivity index (χ4n) is 1.73. The number of carboxylic acid groups (broad SMARTS) is 1. The number of benzene rings is 2. The van der Waals surface area contributed by atoms with Crippen molar-refractivity contribution < 1.29 is 24.2 Å². The molecule has 0 radical (unpaired) electrons. The Labute approximate surface area is 131 Å². The maximum absolute atomic E-state index is 11.7. The van der Waals surface area contributed by atoms with E-state index >= 15 is 0 Å². The van der Waals surface area contributed by atoms with E-state index in [1.807, 2.05) is 0 Å². The number of nitrogens with two attached hydrogens (primary N) is 1. The van der Waals surface area contributed by atoms with Gasteiger partial charge in [0.2, 0.25) is 0 Å². The molecule has 2 rings (SSSR count). The van der Waals surface area contributed by atoms with Crippen LogP contribution in [0.5, 0.6) is 0 Å². The van der Waals surface area contributed by atoms with E-state index in [0.29, 0.717) is 11.4 Å². The predicted molar refractivity (Wildman–Crippen MR) is 83.2 cm³/mol. The molecule has 4 N–H and O–H groups in total. The first kappa shape index (κ1) is 16.0. The molecule has 0 fully saturated rings. The van der Waals surface area contributed by atoms with Crippen molar-refractivity contribution in [2.75, 3.05) is 17.7 Å². The Morgan fingerprint density at radius 1 is 0.957 bits per heavy atom. The maximum atomic E-state index is 11.7.